The van der Waals surface area contributed by atoms with Crippen LogP contribution in [0.3, 0.4) is 0 Å². The Kier molecular flexibility index (Phi) is 2.64. The topological polar surface area (TPSA) is 12.0 Å². The first-order valence-corrected chi connectivity index (χ1v) is 8.35. The van der Waals surface area contributed by atoms with Gasteiger partial charge in [0.05, 0.1) is 0 Å². The van der Waals surface area contributed by atoms with Crippen LogP contribution in [0.5, 0.6) is 0 Å². The van der Waals surface area contributed by atoms with Crippen LogP contribution in [-0.4, -0.2) is 11.6 Å². The van der Waals surface area contributed by atoms with Crippen molar-refractivity contribution in [2.24, 2.45) is 5.41 Å². The van der Waals surface area contributed by atoms with Crippen molar-refractivity contribution in [3.63, 3.8) is 0 Å². The number of hydrogen-bond donors (Lipinski definition) is 1. The zero-order chi connectivity index (χ0) is 14.0. The Morgan fingerprint density at radius 1 is 1.00 bits per heavy atom. The third-order valence-electron chi connectivity index (χ3n) is 5.99. The van der Waals surface area contributed by atoms with Crippen LogP contribution in [0.15, 0.2) is 24.3 Å². The second-order valence-electron chi connectivity index (χ2n) is 8.41. The Morgan fingerprint density at radius 3 is 2.05 bits per heavy atom. The Labute approximate surface area is 123 Å². The highest BCUT2D eigenvalue weighted by Crippen LogP contribution is 2.62. The molecular weight excluding hydrogens is 242 g/mol. The van der Waals surface area contributed by atoms with Crippen LogP contribution >= 0.6 is 0 Å². The average Bonchev–Trinajstić information content (AvgIpc) is 2.48. The molecular formula is C19H27N. The minimum absolute atomic E-state index is 0.397. The maximum absolute atomic E-state index is 3.99. The molecule has 0 amide bonds. The van der Waals surface area contributed by atoms with Gasteiger partial charge in [0.2, 0.25) is 0 Å². The molecule has 0 aliphatic heterocycles. The molecule has 20 heavy (non-hydrogen) atoms. The molecule has 1 nitrogen and oxygen atoms in total. The van der Waals surface area contributed by atoms with Gasteiger partial charge in [0.15, 0.2) is 0 Å². The van der Waals surface area contributed by atoms with Gasteiger partial charge in [-0.3, -0.25) is 0 Å². The van der Waals surface area contributed by atoms with Crippen molar-refractivity contribution < 1.29 is 0 Å². The van der Waals surface area contributed by atoms with E-state index in [9.17, 15) is 0 Å². The molecule has 2 fully saturated rings. The van der Waals surface area contributed by atoms with Crippen molar-refractivity contribution >= 4 is 0 Å². The molecule has 0 spiro atoms. The lowest BCUT2D eigenvalue weighted by Gasteiger charge is -2.55. The van der Waals surface area contributed by atoms with Crippen LogP contribution < -0.4 is 5.32 Å². The van der Waals surface area contributed by atoms with Crippen molar-refractivity contribution in [1.29, 1.82) is 0 Å². The molecule has 1 aromatic rings. The highest BCUT2D eigenvalue weighted by Gasteiger charge is 2.54. The summed E-state index contributed by atoms with van der Waals surface area (Å²) >= 11 is 0. The van der Waals surface area contributed by atoms with Gasteiger partial charge in [0, 0.05) is 11.6 Å². The second-order valence-corrected chi connectivity index (χ2v) is 8.41. The van der Waals surface area contributed by atoms with Gasteiger partial charge in [-0.1, -0.05) is 45.0 Å². The monoisotopic (exact) mass is 269 g/mol. The molecule has 2 saturated carbocycles. The highest BCUT2D eigenvalue weighted by atomic mass is 15.0. The Balaban J connectivity index is 1.82. The smallest absolute Gasteiger partial charge is 0.0200 e. The summed E-state index contributed by atoms with van der Waals surface area (Å²) in [6.07, 6.45) is 6.91. The fraction of sp³-hybridized carbons (Fsp3) is 0.684. The molecule has 2 atom stereocenters. The van der Waals surface area contributed by atoms with E-state index in [0.717, 1.165) is 11.8 Å². The number of benzene rings is 1. The predicted octanol–water partition coefficient (Wildman–Crippen LogP) is 4.59. The van der Waals surface area contributed by atoms with Crippen molar-refractivity contribution in [2.45, 2.75) is 76.3 Å². The van der Waals surface area contributed by atoms with E-state index in [1.54, 1.807) is 11.1 Å². The lowest BCUT2D eigenvalue weighted by Crippen LogP contribution is -2.57. The standard InChI is InChI=1S/C19H27N/c1-13(2)20-19-10-14-8-18(3,12-19)9-15(11-19)17-7-5-4-6-16(14)17/h4-7,13-15,20H,8-12H2,1-3H3. The molecule has 1 N–H and O–H groups in total. The van der Waals surface area contributed by atoms with Crippen LogP contribution in [-0.2, 0) is 0 Å². The molecule has 0 radical (unpaired) electrons. The van der Waals surface area contributed by atoms with Gasteiger partial charge < -0.3 is 5.32 Å². The first-order chi connectivity index (χ1) is 9.49. The van der Waals surface area contributed by atoms with Crippen molar-refractivity contribution in [3.8, 4) is 0 Å². The SMILES string of the molecule is CC(C)NC12CC3CC(C)(CC(C1)c1ccccc13)C2. The third-order valence-corrected chi connectivity index (χ3v) is 5.99. The largest absolute Gasteiger partial charge is 0.309 e. The van der Waals surface area contributed by atoms with E-state index in [0.29, 0.717) is 17.0 Å². The lowest BCUT2D eigenvalue weighted by molar-refractivity contribution is 0.0263. The molecule has 4 aliphatic carbocycles. The minimum Gasteiger partial charge on any atom is -0.309 e. The average molecular weight is 269 g/mol. The molecule has 1 aromatic carbocycles. The second kappa shape index (κ2) is 4.10. The van der Waals surface area contributed by atoms with E-state index in [1.807, 2.05) is 0 Å². The van der Waals surface area contributed by atoms with Gasteiger partial charge in [-0.25, -0.2) is 0 Å². The number of hydrogen-bond acceptors (Lipinski definition) is 1. The van der Waals surface area contributed by atoms with Crippen molar-refractivity contribution in [3.05, 3.63) is 35.4 Å². The van der Waals surface area contributed by atoms with Gasteiger partial charge in [0.1, 0.15) is 0 Å². The summed E-state index contributed by atoms with van der Waals surface area (Å²) in [5.41, 5.74) is 4.29. The summed E-state index contributed by atoms with van der Waals surface area (Å²) in [7, 11) is 0. The zero-order valence-electron chi connectivity index (χ0n) is 13.1. The van der Waals surface area contributed by atoms with Crippen LogP contribution in [0.25, 0.3) is 0 Å². The first-order valence-electron chi connectivity index (χ1n) is 8.35. The highest BCUT2D eigenvalue weighted by molar-refractivity contribution is 5.39. The minimum atomic E-state index is 0.397. The van der Waals surface area contributed by atoms with Crippen LogP contribution in [0.4, 0.5) is 0 Å². The quantitative estimate of drug-likeness (QED) is 0.828. The first kappa shape index (κ1) is 12.9. The molecule has 4 aliphatic rings. The van der Waals surface area contributed by atoms with E-state index >= 15 is 0 Å². The molecule has 0 saturated heterocycles. The number of rotatable bonds is 2. The van der Waals surface area contributed by atoms with Crippen LogP contribution in [0.2, 0.25) is 0 Å². The fourth-order valence-electron chi connectivity index (χ4n) is 6.03. The van der Waals surface area contributed by atoms with E-state index < -0.39 is 0 Å². The van der Waals surface area contributed by atoms with Gasteiger partial charge in [-0.2, -0.15) is 0 Å². The molecule has 0 heterocycles. The molecule has 4 bridgehead atoms. The van der Waals surface area contributed by atoms with E-state index in [4.69, 9.17) is 0 Å². The van der Waals surface area contributed by atoms with Crippen molar-refractivity contribution in [1.82, 2.24) is 5.32 Å². The molecule has 2 unspecified atom stereocenters. The van der Waals surface area contributed by atoms with Gasteiger partial charge in [-0.15, -0.1) is 0 Å². The van der Waals surface area contributed by atoms with Gasteiger partial charge in [0.25, 0.3) is 0 Å². The Bertz CT molecular complexity index is 495. The molecule has 108 valence electrons. The van der Waals surface area contributed by atoms with Crippen molar-refractivity contribution in [2.75, 3.05) is 0 Å². The van der Waals surface area contributed by atoms with Gasteiger partial charge in [-0.05, 0) is 60.5 Å². The summed E-state index contributed by atoms with van der Waals surface area (Å²) in [6.45, 7) is 7.17. The van der Waals surface area contributed by atoms with Crippen LogP contribution in [0, 0.1) is 5.41 Å². The predicted molar refractivity (Wildman–Crippen MR) is 84.1 cm³/mol. The van der Waals surface area contributed by atoms with Gasteiger partial charge >= 0.3 is 0 Å². The summed E-state index contributed by atoms with van der Waals surface area (Å²) in [4.78, 5) is 0. The Morgan fingerprint density at radius 2 is 1.55 bits per heavy atom. The number of nitrogens with one attached hydrogen (secondary N) is 1. The lowest BCUT2D eigenvalue weighted by atomic mass is 9.55. The summed E-state index contributed by atoms with van der Waals surface area (Å²) in [6, 6.07) is 9.91. The summed E-state index contributed by atoms with van der Waals surface area (Å²) in [5.74, 6) is 1.56. The Hall–Kier alpha value is -0.820. The fourth-order valence-corrected chi connectivity index (χ4v) is 6.03. The molecule has 0 aromatic heterocycles. The molecule has 1 heteroatoms. The zero-order valence-corrected chi connectivity index (χ0v) is 13.1. The maximum Gasteiger partial charge on any atom is 0.0200 e. The normalized spacial score (nSPS) is 41.8. The van der Waals surface area contributed by atoms with E-state index in [1.165, 1.54) is 32.1 Å². The molecule has 5 rings (SSSR count). The van der Waals surface area contributed by atoms with E-state index in [2.05, 4.69) is 50.4 Å². The summed E-state index contributed by atoms with van der Waals surface area (Å²) in [5, 5.41) is 3.99. The van der Waals surface area contributed by atoms with Crippen LogP contribution in [0.1, 0.15) is 75.8 Å². The summed E-state index contributed by atoms with van der Waals surface area (Å²) < 4.78 is 0. The maximum atomic E-state index is 3.99. The van der Waals surface area contributed by atoms with E-state index in [-0.39, 0.29) is 0 Å². The third kappa shape index (κ3) is 1.86.